The monoisotopic (exact) mass is 356 g/mol. The Balaban J connectivity index is 1.80. The Morgan fingerprint density at radius 1 is 1.32 bits per heavy atom. The van der Waals surface area contributed by atoms with E-state index in [0.717, 1.165) is 11.9 Å². The first-order valence-corrected chi connectivity index (χ1v) is 7.71. The smallest absolute Gasteiger partial charge is 0.380 e. The molecule has 0 saturated carbocycles. The van der Waals surface area contributed by atoms with Crippen LogP contribution in [0.15, 0.2) is 12.4 Å². The van der Waals surface area contributed by atoms with Crippen LogP contribution in [0.2, 0.25) is 0 Å². The highest BCUT2D eigenvalue weighted by molar-refractivity contribution is 5.57. The second-order valence-corrected chi connectivity index (χ2v) is 6.43. The molecule has 2 aromatic heterocycles. The van der Waals surface area contributed by atoms with Crippen molar-refractivity contribution in [2.45, 2.75) is 26.6 Å². The van der Waals surface area contributed by atoms with Crippen molar-refractivity contribution < 1.29 is 17.9 Å². The van der Waals surface area contributed by atoms with Gasteiger partial charge in [-0.1, -0.05) is 6.92 Å². The Morgan fingerprint density at radius 3 is 2.60 bits per heavy atom. The highest BCUT2D eigenvalue weighted by atomic mass is 19.4. The SMILES string of the molecule is CNc1nc(Nc2cnn(CC3(C)COC3)c2C)ncc1C(F)(F)F. The number of rotatable bonds is 5. The molecule has 1 aliphatic heterocycles. The fourth-order valence-electron chi connectivity index (χ4n) is 2.59. The normalized spacial score (nSPS) is 16.4. The van der Waals surface area contributed by atoms with E-state index in [9.17, 15) is 13.2 Å². The Bertz CT molecular complexity index is 769. The van der Waals surface area contributed by atoms with Gasteiger partial charge in [0.15, 0.2) is 0 Å². The molecule has 0 unspecified atom stereocenters. The quantitative estimate of drug-likeness (QED) is 0.858. The van der Waals surface area contributed by atoms with Crippen LogP contribution in [0.1, 0.15) is 18.2 Å². The van der Waals surface area contributed by atoms with Crippen molar-refractivity contribution in [1.82, 2.24) is 19.7 Å². The molecule has 25 heavy (non-hydrogen) atoms. The summed E-state index contributed by atoms with van der Waals surface area (Å²) >= 11 is 0. The number of nitrogens with one attached hydrogen (secondary N) is 2. The molecule has 3 rings (SSSR count). The van der Waals surface area contributed by atoms with E-state index < -0.39 is 11.7 Å². The molecule has 3 heterocycles. The van der Waals surface area contributed by atoms with E-state index in [1.807, 2.05) is 11.6 Å². The van der Waals surface area contributed by atoms with Gasteiger partial charge >= 0.3 is 6.18 Å². The molecule has 7 nitrogen and oxygen atoms in total. The summed E-state index contributed by atoms with van der Waals surface area (Å²) in [4.78, 5) is 7.66. The number of ether oxygens (including phenoxy) is 1. The molecule has 2 aromatic rings. The molecule has 1 aliphatic rings. The zero-order valence-corrected chi connectivity index (χ0v) is 14.1. The first kappa shape index (κ1) is 17.5. The zero-order chi connectivity index (χ0) is 18.2. The van der Waals surface area contributed by atoms with Gasteiger partial charge in [0.1, 0.15) is 11.4 Å². The number of halogens is 3. The summed E-state index contributed by atoms with van der Waals surface area (Å²) in [7, 11) is 1.38. The molecule has 0 spiro atoms. The van der Waals surface area contributed by atoms with Crippen molar-refractivity contribution >= 4 is 17.5 Å². The van der Waals surface area contributed by atoms with Gasteiger partial charge in [0.2, 0.25) is 5.95 Å². The van der Waals surface area contributed by atoms with Crippen molar-refractivity contribution in [1.29, 1.82) is 0 Å². The molecule has 0 bridgehead atoms. The maximum atomic E-state index is 12.9. The van der Waals surface area contributed by atoms with Gasteiger partial charge in [-0.3, -0.25) is 4.68 Å². The third-order valence-corrected chi connectivity index (χ3v) is 4.11. The number of hydrogen-bond acceptors (Lipinski definition) is 6. The lowest BCUT2D eigenvalue weighted by Gasteiger charge is -2.38. The number of anilines is 3. The third kappa shape index (κ3) is 3.53. The predicted molar refractivity (Wildman–Crippen MR) is 85.8 cm³/mol. The Hall–Kier alpha value is -2.36. The fraction of sp³-hybridized carbons (Fsp3) is 0.533. The summed E-state index contributed by atoms with van der Waals surface area (Å²) in [6.07, 6.45) is -2.15. The molecule has 0 atom stereocenters. The van der Waals surface area contributed by atoms with Gasteiger partial charge in [0.25, 0.3) is 0 Å². The lowest BCUT2D eigenvalue weighted by Crippen LogP contribution is -2.43. The van der Waals surface area contributed by atoms with Crippen LogP contribution in [0.5, 0.6) is 0 Å². The first-order chi connectivity index (χ1) is 11.7. The molecule has 0 radical (unpaired) electrons. The molecule has 2 N–H and O–H groups in total. The summed E-state index contributed by atoms with van der Waals surface area (Å²) in [6, 6.07) is 0. The van der Waals surface area contributed by atoms with Gasteiger partial charge in [-0.2, -0.15) is 23.3 Å². The molecule has 0 amide bonds. The van der Waals surface area contributed by atoms with Crippen LogP contribution in [-0.2, 0) is 17.5 Å². The lowest BCUT2D eigenvalue weighted by molar-refractivity contribution is -0.137. The Labute approximate surface area is 142 Å². The van der Waals surface area contributed by atoms with Crippen LogP contribution >= 0.6 is 0 Å². The number of aromatic nitrogens is 4. The lowest BCUT2D eigenvalue weighted by atomic mass is 9.89. The zero-order valence-electron chi connectivity index (χ0n) is 14.1. The van der Waals surface area contributed by atoms with Crippen LogP contribution in [0.4, 0.5) is 30.6 Å². The molecule has 0 aliphatic carbocycles. The Morgan fingerprint density at radius 2 is 2.04 bits per heavy atom. The fourth-order valence-corrected chi connectivity index (χ4v) is 2.59. The van der Waals surface area contributed by atoms with Crippen LogP contribution < -0.4 is 10.6 Å². The number of alkyl halides is 3. The third-order valence-electron chi connectivity index (χ3n) is 4.11. The Kier molecular flexibility index (Phi) is 4.31. The van der Waals surface area contributed by atoms with E-state index in [1.165, 1.54) is 7.05 Å². The van der Waals surface area contributed by atoms with Crippen molar-refractivity contribution in [3.63, 3.8) is 0 Å². The van der Waals surface area contributed by atoms with Gasteiger partial charge in [0, 0.05) is 18.7 Å². The second kappa shape index (κ2) is 6.17. The summed E-state index contributed by atoms with van der Waals surface area (Å²) in [5, 5.41) is 9.70. The van der Waals surface area contributed by atoms with E-state index in [-0.39, 0.29) is 17.2 Å². The van der Waals surface area contributed by atoms with Gasteiger partial charge in [-0.25, -0.2) is 4.98 Å². The van der Waals surface area contributed by atoms with Crippen LogP contribution in [-0.4, -0.2) is 40.0 Å². The molecular weight excluding hydrogens is 337 g/mol. The number of nitrogens with zero attached hydrogens (tertiary/aromatic N) is 4. The van der Waals surface area contributed by atoms with E-state index in [0.29, 0.717) is 25.4 Å². The minimum absolute atomic E-state index is 0.0538. The van der Waals surface area contributed by atoms with Crippen molar-refractivity contribution in [3.8, 4) is 0 Å². The van der Waals surface area contributed by atoms with E-state index in [4.69, 9.17) is 4.74 Å². The van der Waals surface area contributed by atoms with Gasteiger partial charge < -0.3 is 15.4 Å². The van der Waals surface area contributed by atoms with Gasteiger partial charge in [-0.15, -0.1) is 0 Å². The average molecular weight is 356 g/mol. The maximum absolute atomic E-state index is 12.9. The largest absolute Gasteiger partial charge is 0.421 e. The van der Waals surface area contributed by atoms with E-state index in [2.05, 4.69) is 32.6 Å². The number of hydrogen-bond donors (Lipinski definition) is 2. The standard InChI is InChI=1S/C15H19F3N6O/c1-9-11(5-21-24(9)6-14(2)7-25-8-14)22-13-20-4-10(15(16,17)18)12(19-3)23-13/h4-5H,6-8H2,1-3H3,(H2,19,20,22,23). The predicted octanol–water partition coefficient (Wildman–Crippen LogP) is 2.82. The van der Waals surface area contributed by atoms with Crippen LogP contribution in [0, 0.1) is 12.3 Å². The summed E-state index contributed by atoms with van der Waals surface area (Å²) in [5.41, 5.74) is 0.636. The molecule has 0 aromatic carbocycles. The molecule has 136 valence electrons. The maximum Gasteiger partial charge on any atom is 0.421 e. The highest BCUT2D eigenvalue weighted by Crippen LogP contribution is 2.34. The highest BCUT2D eigenvalue weighted by Gasteiger charge is 2.36. The van der Waals surface area contributed by atoms with Crippen LogP contribution in [0.3, 0.4) is 0 Å². The second-order valence-electron chi connectivity index (χ2n) is 6.43. The summed E-state index contributed by atoms with van der Waals surface area (Å²) in [5.74, 6) is -0.215. The first-order valence-electron chi connectivity index (χ1n) is 7.71. The topological polar surface area (TPSA) is 76.9 Å². The van der Waals surface area contributed by atoms with Crippen molar-refractivity contribution in [3.05, 3.63) is 23.7 Å². The van der Waals surface area contributed by atoms with Crippen LogP contribution in [0.25, 0.3) is 0 Å². The average Bonchev–Trinajstić information content (AvgIpc) is 2.85. The van der Waals surface area contributed by atoms with E-state index >= 15 is 0 Å². The molecule has 1 fully saturated rings. The molecule has 10 heteroatoms. The molecule has 1 saturated heterocycles. The van der Waals surface area contributed by atoms with Gasteiger partial charge in [-0.05, 0) is 6.92 Å². The van der Waals surface area contributed by atoms with Gasteiger partial charge in [0.05, 0.1) is 37.3 Å². The summed E-state index contributed by atoms with van der Waals surface area (Å²) < 4.78 is 45.8. The van der Waals surface area contributed by atoms with Crippen molar-refractivity contribution in [2.24, 2.45) is 5.41 Å². The summed E-state index contributed by atoms with van der Waals surface area (Å²) in [6.45, 7) is 6.06. The molecular formula is C15H19F3N6O. The minimum Gasteiger partial charge on any atom is -0.380 e. The minimum atomic E-state index is -4.52. The van der Waals surface area contributed by atoms with E-state index in [1.54, 1.807) is 6.20 Å². The van der Waals surface area contributed by atoms with Crippen molar-refractivity contribution in [2.75, 3.05) is 30.9 Å².